The maximum absolute atomic E-state index is 12.0. The number of methoxy groups -OCH3 is 2. The van der Waals surface area contributed by atoms with Gasteiger partial charge in [0.25, 0.3) is 0 Å². The van der Waals surface area contributed by atoms with Crippen LogP contribution in [0.2, 0.25) is 0 Å². The number of aromatic nitrogens is 1. The minimum absolute atomic E-state index is 0.299. The third-order valence-electron chi connectivity index (χ3n) is 4.95. The third kappa shape index (κ3) is 6.14. The summed E-state index contributed by atoms with van der Waals surface area (Å²) in [5, 5.41) is 3.93. The van der Waals surface area contributed by atoms with Crippen LogP contribution in [0.15, 0.2) is 53.1 Å². The molecule has 0 bridgehead atoms. The number of nitrogens with zero attached hydrogens (tertiary/aromatic N) is 1. The Morgan fingerprint density at radius 2 is 1.81 bits per heavy atom. The van der Waals surface area contributed by atoms with E-state index >= 15 is 0 Å². The van der Waals surface area contributed by atoms with E-state index in [1.807, 2.05) is 44.2 Å². The Labute approximate surface area is 187 Å². The second-order valence-electron chi connectivity index (χ2n) is 7.10. The molecule has 32 heavy (non-hydrogen) atoms. The fourth-order valence-corrected chi connectivity index (χ4v) is 3.04. The van der Waals surface area contributed by atoms with E-state index in [4.69, 9.17) is 23.5 Å². The van der Waals surface area contributed by atoms with Gasteiger partial charge in [-0.2, -0.15) is 0 Å². The topological polar surface area (TPSA) is 80.0 Å². The monoisotopic (exact) mass is 437 g/mol. The highest BCUT2D eigenvalue weighted by Gasteiger charge is 2.12. The molecule has 2 aromatic carbocycles. The quantitative estimate of drug-likeness (QED) is 0.336. The summed E-state index contributed by atoms with van der Waals surface area (Å²) < 4.78 is 26.9. The molecule has 1 aromatic heterocycles. The van der Waals surface area contributed by atoms with Gasteiger partial charge in [0.2, 0.25) is 0 Å². The maximum Gasteiger partial charge on any atom is 0.330 e. The summed E-state index contributed by atoms with van der Waals surface area (Å²) in [6, 6.07) is 13.1. The number of rotatable bonds is 10. The molecular weight excluding hydrogens is 410 g/mol. The second-order valence-corrected chi connectivity index (χ2v) is 7.10. The molecule has 0 radical (unpaired) electrons. The second kappa shape index (κ2) is 11.0. The van der Waals surface area contributed by atoms with Crippen LogP contribution in [-0.2, 0) is 22.6 Å². The Hall–Kier alpha value is -3.74. The van der Waals surface area contributed by atoms with E-state index in [2.05, 4.69) is 5.16 Å². The van der Waals surface area contributed by atoms with E-state index in [9.17, 15) is 4.79 Å². The first-order valence-corrected chi connectivity index (χ1v) is 10.2. The van der Waals surface area contributed by atoms with Crippen LogP contribution in [0.25, 0.3) is 6.08 Å². The third-order valence-corrected chi connectivity index (χ3v) is 4.95. The first kappa shape index (κ1) is 22.9. The van der Waals surface area contributed by atoms with Crippen LogP contribution in [0.3, 0.4) is 0 Å². The summed E-state index contributed by atoms with van der Waals surface area (Å²) in [5.74, 6) is 2.27. The van der Waals surface area contributed by atoms with Crippen molar-refractivity contribution in [2.45, 2.75) is 26.9 Å². The van der Waals surface area contributed by atoms with Crippen LogP contribution >= 0.6 is 0 Å². The minimum Gasteiger partial charge on any atom is -0.497 e. The Balaban J connectivity index is 1.52. The van der Waals surface area contributed by atoms with Crippen molar-refractivity contribution < 1.29 is 28.3 Å². The van der Waals surface area contributed by atoms with Crippen LogP contribution in [0.5, 0.6) is 17.2 Å². The van der Waals surface area contributed by atoms with Crippen LogP contribution in [0.1, 0.15) is 28.1 Å². The fraction of sp³-hybridized carbons (Fsp3) is 0.280. The summed E-state index contributed by atoms with van der Waals surface area (Å²) in [7, 11) is 3.19. The normalized spacial score (nSPS) is 10.9. The Bertz CT molecular complexity index is 1050. The number of hydrogen-bond donors (Lipinski definition) is 0. The molecule has 3 rings (SSSR count). The molecule has 7 nitrogen and oxygen atoms in total. The number of carbonyl (C=O) groups is 1. The van der Waals surface area contributed by atoms with Crippen LogP contribution in [-0.4, -0.2) is 32.0 Å². The lowest BCUT2D eigenvalue weighted by molar-refractivity contribution is -0.137. The van der Waals surface area contributed by atoms with Gasteiger partial charge in [0.05, 0.1) is 32.1 Å². The maximum atomic E-state index is 12.0. The number of carbonyl (C=O) groups excluding carboxylic acids is 1. The van der Waals surface area contributed by atoms with Crippen LogP contribution in [0, 0.1) is 13.8 Å². The zero-order valence-corrected chi connectivity index (χ0v) is 18.7. The molecule has 1 heterocycles. The fourth-order valence-electron chi connectivity index (χ4n) is 3.04. The lowest BCUT2D eigenvalue weighted by atomic mass is 10.1. The van der Waals surface area contributed by atoms with Gasteiger partial charge >= 0.3 is 5.97 Å². The van der Waals surface area contributed by atoms with Crippen LogP contribution in [0.4, 0.5) is 0 Å². The molecule has 0 fully saturated rings. The summed E-state index contributed by atoms with van der Waals surface area (Å²) in [4.78, 5) is 12.0. The van der Waals surface area contributed by atoms with Gasteiger partial charge in [-0.15, -0.1) is 0 Å². The van der Waals surface area contributed by atoms with Crippen LogP contribution < -0.4 is 14.2 Å². The number of esters is 1. The van der Waals surface area contributed by atoms with Gasteiger partial charge in [0, 0.05) is 12.5 Å². The van der Waals surface area contributed by atoms with E-state index in [0.717, 1.165) is 33.9 Å². The van der Waals surface area contributed by atoms with Gasteiger partial charge in [-0.05, 0) is 55.3 Å². The van der Waals surface area contributed by atoms with E-state index in [1.54, 1.807) is 32.4 Å². The van der Waals surface area contributed by atoms with E-state index in [1.165, 1.54) is 6.08 Å². The first-order valence-electron chi connectivity index (χ1n) is 10.2. The predicted octanol–water partition coefficient (Wildman–Crippen LogP) is 4.69. The summed E-state index contributed by atoms with van der Waals surface area (Å²) >= 11 is 0. The number of ether oxygens (including phenoxy) is 4. The van der Waals surface area contributed by atoms with E-state index < -0.39 is 5.97 Å². The lowest BCUT2D eigenvalue weighted by Crippen LogP contribution is -2.04. The van der Waals surface area contributed by atoms with Crippen molar-refractivity contribution >= 4 is 12.0 Å². The molecule has 0 unspecified atom stereocenters. The molecular formula is C25H27NO6. The van der Waals surface area contributed by atoms with Crippen molar-refractivity contribution in [3.63, 3.8) is 0 Å². The van der Waals surface area contributed by atoms with E-state index in [0.29, 0.717) is 31.1 Å². The average molecular weight is 437 g/mol. The SMILES string of the molecule is COc1ccc(CCOC(=O)/C=C/c2ccc(OCc3c(C)noc3C)c(OC)c2)cc1. The minimum atomic E-state index is -0.406. The standard InChI is InChI=1S/C25H27NO6/c1-17-22(18(2)32-26-17)16-31-23-11-7-20(15-24(23)29-4)8-12-25(27)30-14-13-19-5-9-21(28-3)10-6-19/h5-12,15H,13-14,16H2,1-4H3/b12-8+. The van der Waals surface area contributed by atoms with Crippen molar-refractivity contribution in [2.24, 2.45) is 0 Å². The number of benzene rings is 2. The zero-order valence-electron chi connectivity index (χ0n) is 18.7. The molecule has 0 spiro atoms. The molecule has 0 aliphatic heterocycles. The first-order chi connectivity index (χ1) is 15.5. The van der Waals surface area contributed by atoms with E-state index in [-0.39, 0.29) is 0 Å². The van der Waals surface area contributed by atoms with Gasteiger partial charge in [-0.25, -0.2) is 4.79 Å². The summed E-state index contributed by atoms with van der Waals surface area (Å²) in [6.45, 7) is 4.34. The van der Waals surface area contributed by atoms with Gasteiger partial charge in [0.15, 0.2) is 11.5 Å². The highest BCUT2D eigenvalue weighted by atomic mass is 16.5. The predicted molar refractivity (Wildman–Crippen MR) is 120 cm³/mol. The average Bonchev–Trinajstić information content (AvgIpc) is 3.14. The van der Waals surface area contributed by atoms with Gasteiger partial charge in [-0.1, -0.05) is 23.4 Å². The van der Waals surface area contributed by atoms with Crippen molar-refractivity contribution in [3.8, 4) is 17.2 Å². The molecule has 0 saturated carbocycles. The highest BCUT2D eigenvalue weighted by Crippen LogP contribution is 2.30. The van der Waals surface area contributed by atoms with Gasteiger partial charge < -0.3 is 23.5 Å². The Morgan fingerprint density at radius 1 is 1.03 bits per heavy atom. The van der Waals surface area contributed by atoms with Crippen molar-refractivity contribution in [2.75, 3.05) is 20.8 Å². The van der Waals surface area contributed by atoms with Crippen molar-refractivity contribution in [1.29, 1.82) is 0 Å². The summed E-state index contributed by atoms with van der Waals surface area (Å²) in [5.41, 5.74) is 3.57. The molecule has 0 aliphatic carbocycles. The summed E-state index contributed by atoms with van der Waals surface area (Å²) in [6.07, 6.45) is 3.71. The van der Waals surface area contributed by atoms with Crippen molar-refractivity contribution in [3.05, 3.63) is 76.7 Å². The van der Waals surface area contributed by atoms with Gasteiger partial charge in [-0.3, -0.25) is 0 Å². The molecule has 3 aromatic rings. The lowest BCUT2D eigenvalue weighted by Gasteiger charge is -2.11. The smallest absolute Gasteiger partial charge is 0.330 e. The van der Waals surface area contributed by atoms with Crippen molar-refractivity contribution in [1.82, 2.24) is 5.16 Å². The zero-order chi connectivity index (χ0) is 22.9. The molecule has 0 atom stereocenters. The highest BCUT2D eigenvalue weighted by molar-refractivity contribution is 5.87. The number of hydrogen-bond acceptors (Lipinski definition) is 7. The molecule has 168 valence electrons. The molecule has 7 heteroatoms. The Kier molecular flexibility index (Phi) is 7.91. The molecule has 0 amide bonds. The molecule has 0 saturated heterocycles. The Morgan fingerprint density at radius 3 is 2.47 bits per heavy atom. The number of aryl methyl sites for hydroxylation is 2. The molecule has 0 aliphatic rings. The largest absolute Gasteiger partial charge is 0.497 e. The molecule has 0 N–H and O–H groups in total. The van der Waals surface area contributed by atoms with Gasteiger partial charge in [0.1, 0.15) is 18.1 Å².